The van der Waals surface area contributed by atoms with Crippen LogP contribution in [0.15, 0.2) is 65.8 Å². The fraction of sp³-hybridized carbons (Fsp3) is 0.429. The van der Waals surface area contributed by atoms with Gasteiger partial charge in [-0.15, -0.1) is 0 Å². The first kappa shape index (κ1) is 22.6. The van der Waals surface area contributed by atoms with E-state index >= 15 is 0 Å². The normalized spacial score (nSPS) is 12.4. The van der Waals surface area contributed by atoms with Gasteiger partial charge in [-0.1, -0.05) is 67.7 Å². The van der Waals surface area contributed by atoms with Gasteiger partial charge in [0.1, 0.15) is 0 Å². The summed E-state index contributed by atoms with van der Waals surface area (Å²) >= 11 is 0. The molecule has 0 aromatic carbocycles. The van der Waals surface area contributed by atoms with Crippen LogP contribution in [-0.2, 0) is 4.79 Å². The van der Waals surface area contributed by atoms with Crippen LogP contribution in [0.4, 0.5) is 0 Å². The maximum Gasteiger partial charge on any atom is 0.248 e. The minimum absolute atomic E-state index is 0.167. The fourth-order valence-corrected chi connectivity index (χ4v) is 1.94. The number of amides is 1. The molecule has 0 unspecified atom stereocenters. The van der Waals surface area contributed by atoms with Gasteiger partial charge in [-0.2, -0.15) is 4.99 Å². The molecule has 0 atom stereocenters. The van der Waals surface area contributed by atoms with Crippen molar-refractivity contribution in [2.24, 2.45) is 16.5 Å². The number of allylic oxidation sites excluding steroid dienone is 10. The van der Waals surface area contributed by atoms with E-state index in [1.165, 1.54) is 0 Å². The van der Waals surface area contributed by atoms with Crippen molar-refractivity contribution in [1.29, 1.82) is 0 Å². The first-order valence-electron chi connectivity index (χ1n) is 9.04. The van der Waals surface area contributed by atoms with Gasteiger partial charge in [0, 0.05) is 6.42 Å². The average molecular weight is 344 g/mol. The van der Waals surface area contributed by atoms with Crippen LogP contribution < -0.4 is 11.5 Å². The molecule has 0 aliphatic heterocycles. The summed E-state index contributed by atoms with van der Waals surface area (Å²) in [4.78, 5) is 14.7. The van der Waals surface area contributed by atoms with Gasteiger partial charge in [0.05, 0.1) is 0 Å². The van der Waals surface area contributed by atoms with Crippen LogP contribution in [0, 0.1) is 0 Å². The molecule has 0 saturated heterocycles. The van der Waals surface area contributed by atoms with Gasteiger partial charge in [0.15, 0.2) is 5.96 Å². The second kappa shape index (κ2) is 18.0. The Morgan fingerprint density at radius 1 is 0.760 bits per heavy atom. The number of unbranched alkanes of at least 4 members (excludes halogenated alkanes) is 1. The number of nitrogens with two attached hydrogens (primary N) is 2. The average Bonchev–Trinajstić information content (AvgIpc) is 2.57. The molecule has 138 valence electrons. The summed E-state index contributed by atoms with van der Waals surface area (Å²) in [6, 6.07) is 0. The lowest BCUT2D eigenvalue weighted by atomic mass is 10.2. The van der Waals surface area contributed by atoms with Gasteiger partial charge >= 0.3 is 0 Å². The Balaban J connectivity index is 3.56. The van der Waals surface area contributed by atoms with Crippen molar-refractivity contribution in [1.82, 2.24) is 0 Å². The number of carbonyl (C=O) groups is 1. The van der Waals surface area contributed by atoms with Crippen molar-refractivity contribution in [3.63, 3.8) is 0 Å². The number of hydrogen-bond acceptors (Lipinski definition) is 1. The van der Waals surface area contributed by atoms with Gasteiger partial charge in [0.2, 0.25) is 5.91 Å². The van der Waals surface area contributed by atoms with Crippen LogP contribution in [0.2, 0.25) is 0 Å². The molecule has 0 fully saturated rings. The third-order valence-corrected chi connectivity index (χ3v) is 3.17. The maximum atomic E-state index is 11.2. The molecule has 0 saturated carbocycles. The number of nitrogens with zero attached hydrogens (tertiary/aromatic N) is 1. The lowest BCUT2D eigenvalue weighted by molar-refractivity contribution is -0.117. The van der Waals surface area contributed by atoms with E-state index in [0.717, 1.165) is 44.9 Å². The van der Waals surface area contributed by atoms with E-state index in [1.807, 2.05) is 0 Å². The maximum absolute atomic E-state index is 11.2. The van der Waals surface area contributed by atoms with Crippen molar-refractivity contribution in [3.8, 4) is 0 Å². The zero-order valence-corrected chi connectivity index (χ0v) is 15.4. The summed E-state index contributed by atoms with van der Waals surface area (Å²) in [5.74, 6) is -0.424. The predicted octanol–water partition coefficient (Wildman–Crippen LogP) is 4.71. The Morgan fingerprint density at radius 2 is 1.20 bits per heavy atom. The number of aliphatic imine (C=N–C) groups is 1. The standard InChI is InChI=1S/C21H33N3O/c1-2-3-4-5-6-7-8-9-10-11-12-13-14-15-16-17-18-19-20(25)24-21(22)23/h3-4,6-7,9-10,12-13,15-16H,2,5,8,11,14,17-19H2,1H3,(H4,22,23,24,25)/b4-3-,7-6-,10-9-,13-12-,16-15-. The van der Waals surface area contributed by atoms with Gasteiger partial charge in [-0.05, 0) is 44.9 Å². The molecule has 0 heterocycles. The molecule has 25 heavy (non-hydrogen) atoms. The monoisotopic (exact) mass is 343 g/mol. The Labute approximate surface area is 152 Å². The molecule has 4 nitrogen and oxygen atoms in total. The van der Waals surface area contributed by atoms with Crippen molar-refractivity contribution >= 4 is 11.9 Å². The van der Waals surface area contributed by atoms with E-state index in [0.29, 0.717) is 6.42 Å². The Kier molecular flexibility index (Phi) is 16.3. The predicted molar refractivity (Wildman–Crippen MR) is 109 cm³/mol. The lowest BCUT2D eigenvalue weighted by Crippen LogP contribution is -2.24. The van der Waals surface area contributed by atoms with Gasteiger partial charge < -0.3 is 11.5 Å². The summed E-state index contributed by atoms with van der Waals surface area (Å²) < 4.78 is 0. The largest absolute Gasteiger partial charge is 0.370 e. The summed E-state index contributed by atoms with van der Waals surface area (Å²) in [6.07, 6.45) is 28.7. The van der Waals surface area contributed by atoms with E-state index in [2.05, 4.69) is 72.7 Å². The summed E-state index contributed by atoms with van der Waals surface area (Å²) in [7, 11) is 0. The van der Waals surface area contributed by atoms with E-state index in [1.54, 1.807) is 0 Å². The van der Waals surface area contributed by atoms with Crippen LogP contribution in [0.5, 0.6) is 0 Å². The van der Waals surface area contributed by atoms with Crippen LogP contribution in [0.1, 0.15) is 58.3 Å². The summed E-state index contributed by atoms with van der Waals surface area (Å²) in [5.41, 5.74) is 10.3. The van der Waals surface area contributed by atoms with Crippen LogP contribution in [0.25, 0.3) is 0 Å². The van der Waals surface area contributed by atoms with Crippen LogP contribution >= 0.6 is 0 Å². The molecule has 0 aromatic heterocycles. The molecule has 0 spiro atoms. The third-order valence-electron chi connectivity index (χ3n) is 3.17. The summed E-state index contributed by atoms with van der Waals surface area (Å²) in [6.45, 7) is 2.14. The van der Waals surface area contributed by atoms with E-state index in [4.69, 9.17) is 11.5 Å². The fourth-order valence-electron chi connectivity index (χ4n) is 1.94. The molecule has 0 rings (SSSR count). The van der Waals surface area contributed by atoms with Crippen LogP contribution in [0.3, 0.4) is 0 Å². The quantitative estimate of drug-likeness (QED) is 0.220. The van der Waals surface area contributed by atoms with Crippen molar-refractivity contribution in [2.45, 2.75) is 58.3 Å². The number of guanidine groups is 1. The smallest absolute Gasteiger partial charge is 0.248 e. The highest BCUT2D eigenvalue weighted by atomic mass is 16.1. The Hall–Kier alpha value is -2.36. The first-order valence-corrected chi connectivity index (χ1v) is 9.04. The van der Waals surface area contributed by atoms with Gasteiger partial charge in [-0.3, -0.25) is 4.79 Å². The van der Waals surface area contributed by atoms with Crippen LogP contribution in [-0.4, -0.2) is 11.9 Å². The number of hydrogen-bond donors (Lipinski definition) is 2. The lowest BCUT2D eigenvalue weighted by Gasteiger charge is -1.93. The number of rotatable bonds is 13. The Morgan fingerprint density at radius 3 is 1.64 bits per heavy atom. The SMILES string of the molecule is CC/C=C\C/C=C\C/C=C\C/C=C\C/C=C\CCCC(=O)N=C(N)N. The minimum atomic E-state index is -0.257. The molecule has 0 aliphatic rings. The third kappa shape index (κ3) is 19.6. The molecular weight excluding hydrogens is 310 g/mol. The van der Waals surface area contributed by atoms with Gasteiger partial charge in [-0.25, -0.2) is 0 Å². The molecule has 4 heteroatoms. The van der Waals surface area contributed by atoms with Gasteiger partial charge in [0.25, 0.3) is 0 Å². The van der Waals surface area contributed by atoms with Crippen molar-refractivity contribution in [3.05, 3.63) is 60.8 Å². The van der Waals surface area contributed by atoms with E-state index in [-0.39, 0.29) is 11.9 Å². The molecular formula is C21H33N3O. The van der Waals surface area contributed by atoms with E-state index < -0.39 is 0 Å². The topological polar surface area (TPSA) is 81.5 Å². The zero-order valence-electron chi connectivity index (χ0n) is 15.4. The number of carbonyl (C=O) groups excluding carboxylic acids is 1. The summed E-state index contributed by atoms with van der Waals surface area (Å²) in [5, 5.41) is 0. The molecule has 1 amide bonds. The molecule has 0 aromatic rings. The highest BCUT2D eigenvalue weighted by Gasteiger charge is 1.97. The molecule has 0 radical (unpaired) electrons. The second-order valence-electron chi connectivity index (χ2n) is 5.53. The minimum Gasteiger partial charge on any atom is -0.370 e. The highest BCUT2D eigenvalue weighted by Crippen LogP contribution is 2.00. The Bertz CT molecular complexity index is 507. The molecule has 0 bridgehead atoms. The highest BCUT2D eigenvalue weighted by molar-refractivity contribution is 5.91. The first-order chi connectivity index (χ1) is 12.2. The second-order valence-corrected chi connectivity index (χ2v) is 5.53. The van der Waals surface area contributed by atoms with Crippen molar-refractivity contribution < 1.29 is 4.79 Å². The zero-order chi connectivity index (χ0) is 18.6. The molecule has 0 aliphatic carbocycles. The van der Waals surface area contributed by atoms with Crippen molar-refractivity contribution in [2.75, 3.05) is 0 Å². The molecule has 4 N–H and O–H groups in total. The van der Waals surface area contributed by atoms with E-state index in [9.17, 15) is 4.79 Å².